The Labute approximate surface area is 164 Å². The van der Waals surface area contributed by atoms with Crippen LogP contribution in [0.25, 0.3) is 10.9 Å². The molecule has 142 valence electrons. The van der Waals surface area contributed by atoms with Gasteiger partial charge in [-0.3, -0.25) is 9.59 Å². The summed E-state index contributed by atoms with van der Waals surface area (Å²) in [5, 5.41) is 3.88. The molecule has 1 N–H and O–H groups in total. The van der Waals surface area contributed by atoms with E-state index >= 15 is 0 Å². The summed E-state index contributed by atoms with van der Waals surface area (Å²) in [4.78, 5) is 27.3. The number of hydrogen-bond acceptors (Lipinski definition) is 2. The lowest BCUT2D eigenvalue weighted by atomic mass is 9.95. The second-order valence-corrected chi connectivity index (χ2v) is 7.09. The van der Waals surface area contributed by atoms with Crippen LogP contribution in [0.5, 0.6) is 0 Å². The maximum Gasteiger partial charge on any atom is 0.255 e. The van der Waals surface area contributed by atoms with Gasteiger partial charge in [0.05, 0.1) is 6.04 Å². The lowest BCUT2D eigenvalue weighted by Gasteiger charge is -2.26. The first kappa shape index (κ1) is 18.0. The van der Waals surface area contributed by atoms with Gasteiger partial charge in [-0.25, -0.2) is 0 Å². The summed E-state index contributed by atoms with van der Waals surface area (Å²) in [6.45, 7) is 6.08. The summed E-state index contributed by atoms with van der Waals surface area (Å²) in [5.74, 6) is -0.300. The number of amides is 2. The third-order valence-corrected chi connectivity index (χ3v) is 5.54. The molecular formula is C23H23N3O2. The van der Waals surface area contributed by atoms with E-state index in [0.29, 0.717) is 12.1 Å². The summed E-state index contributed by atoms with van der Waals surface area (Å²) in [7, 11) is 2.03. The second kappa shape index (κ2) is 7.00. The largest absolute Gasteiger partial charge is 0.351 e. The Hall–Kier alpha value is -3.34. The van der Waals surface area contributed by atoms with E-state index in [0.717, 1.165) is 27.7 Å². The Balaban J connectivity index is 1.87. The van der Waals surface area contributed by atoms with E-state index in [2.05, 4.69) is 35.5 Å². The van der Waals surface area contributed by atoms with Gasteiger partial charge < -0.3 is 14.8 Å². The Bertz CT molecular complexity index is 1100. The molecule has 2 aromatic carbocycles. The third kappa shape index (κ3) is 2.71. The number of fused-ring (bicyclic) bond motifs is 2. The van der Waals surface area contributed by atoms with Gasteiger partial charge in [-0.1, -0.05) is 42.5 Å². The first-order valence-corrected chi connectivity index (χ1v) is 9.36. The highest BCUT2D eigenvalue weighted by Gasteiger charge is 2.40. The van der Waals surface area contributed by atoms with Crippen molar-refractivity contribution in [2.75, 3.05) is 13.1 Å². The summed E-state index contributed by atoms with van der Waals surface area (Å²) >= 11 is 0. The van der Waals surface area contributed by atoms with Gasteiger partial charge in [0.1, 0.15) is 6.54 Å². The van der Waals surface area contributed by atoms with Crippen LogP contribution in [-0.4, -0.2) is 34.4 Å². The SMILES string of the molecule is C=CCNC(=O)CN1C(=O)c2ccccc2C1c1c(C)n(C)c2ccccc12. The number of rotatable bonds is 5. The van der Waals surface area contributed by atoms with E-state index < -0.39 is 0 Å². The highest BCUT2D eigenvalue weighted by molar-refractivity contribution is 6.02. The Morgan fingerprint density at radius 3 is 2.68 bits per heavy atom. The van der Waals surface area contributed by atoms with Crippen LogP contribution in [0.15, 0.2) is 61.2 Å². The molecule has 1 atom stereocenters. The van der Waals surface area contributed by atoms with E-state index in [-0.39, 0.29) is 24.4 Å². The molecule has 3 aromatic rings. The lowest BCUT2D eigenvalue weighted by molar-refractivity contribution is -0.121. The molecule has 1 aromatic heterocycles. The molecule has 0 radical (unpaired) electrons. The monoisotopic (exact) mass is 373 g/mol. The second-order valence-electron chi connectivity index (χ2n) is 7.09. The van der Waals surface area contributed by atoms with Gasteiger partial charge >= 0.3 is 0 Å². The molecular weight excluding hydrogens is 350 g/mol. The van der Waals surface area contributed by atoms with Gasteiger partial charge in [-0.15, -0.1) is 6.58 Å². The van der Waals surface area contributed by atoms with Crippen LogP contribution in [0.4, 0.5) is 0 Å². The number of carbonyl (C=O) groups is 2. The molecule has 5 nitrogen and oxygen atoms in total. The van der Waals surface area contributed by atoms with Gasteiger partial charge in [-0.2, -0.15) is 0 Å². The first-order valence-electron chi connectivity index (χ1n) is 9.36. The number of para-hydroxylation sites is 1. The number of carbonyl (C=O) groups excluding carboxylic acids is 2. The number of nitrogens with zero attached hydrogens (tertiary/aromatic N) is 2. The maximum absolute atomic E-state index is 13.2. The molecule has 0 fully saturated rings. The van der Waals surface area contributed by atoms with Crippen LogP contribution in [0.1, 0.15) is 33.2 Å². The summed E-state index contributed by atoms with van der Waals surface area (Å²) in [6, 6.07) is 15.5. The first-order chi connectivity index (χ1) is 13.5. The van der Waals surface area contributed by atoms with E-state index in [4.69, 9.17) is 0 Å². The predicted octanol–water partition coefficient (Wildman–Crippen LogP) is 3.33. The van der Waals surface area contributed by atoms with Crippen molar-refractivity contribution in [3.63, 3.8) is 0 Å². The maximum atomic E-state index is 13.2. The molecule has 0 aliphatic carbocycles. The fourth-order valence-corrected chi connectivity index (χ4v) is 4.14. The van der Waals surface area contributed by atoms with Gasteiger partial charge in [0.25, 0.3) is 5.91 Å². The van der Waals surface area contributed by atoms with Crippen molar-refractivity contribution in [1.82, 2.24) is 14.8 Å². The zero-order valence-electron chi connectivity index (χ0n) is 16.1. The molecule has 2 heterocycles. The number of hydrogen-bond donors (Lipinski definition) is 1. The van der Waals surface area contributed by atoms with Crippen molar-refractivity contribution in [2.24, 2.45) is 7.05 Å². The van der Waals surface area contributed by atoms with Crippen molar-refractivity contribution in [3.8, 4) is 0 Å². The van der Waals surface area contributed by atoms with Gasteiger partial charge in [-0.05, 0) is 24.6 Å². The van der Waals surface area contributed by atoms with E-state index in [1.165, 1.54) is 0 Å². The Morgan fingerprint density at radius 1 is 1.18 bits per heavy atom. The number of aryl methyl sites for hydroxylation is 1. The van der Waals surface area contributed by atoms with Gasteiger partial charge in [0.2, 0.25) is 5.91 Å². The smallest absolute Gasteiger partial charge is 0.255 e. The fourth-order valence-electron chi connectivity index (χ4n) is 4.14. The molecule has 0 saturated carbocycles. The van der Waals surface area contributed by atoms with Crippen LogP contribution in [0.2, 0.25) is 0 Å². The Morgan fingerprint density at radius 2 is 1.89 bits per heavy atom. The molecule has 0 spiro atoms. The van der Waals surface area contributed by atoms with Crippen LogP contribution >= 0.6 is 0 Å². The van der Waals surface area contributed by atoms with Crippen molar-refractivity contribution < 1.29 is 9.59 Å². The third-order valence-electron chi connectivity index (χ3n) is 5.54. The predicted molar refractivity (Wildman–Crippen MR) is 110 cm³/mol. The highest BCUT2D eigenvalue weighted by Crippen LogP contribution is 2.43. The van der Waals surface area contributed by atoms with Crippen LogP contribution in [0, 0.1) is 6.92 Å². The normalized spacial score (nSPS) is 15.7. The lowest BCUT2D eigenvalue weighted by Crippen LogP contribution is -2.39. The average molecular weight is 373 g/mol. The molecule has 5 heteroatoms. The van der Waals surface area contributed by atoms with E-state index in [9.17, 15) is 9.59 Å². The van der Waals surface area contributed by atoms with Crippen LogP contribution in [0.3, 0.4) is 0 Å². The number of nitrogens with one attached hydrogen (secondary N) is 1. The standard InChI is InChI=1S/C23H23N3O2/c1-4-13-24-20(27)14-26-22(16-9-5-6-10-17(16)23(26)28)21-15(2)25(3)19-12-8-7-11-18(19)21/h4-12,22H,1,13-14H2,2-3H3,(H,24,27). The number of benzene rings is 2. The molecule has 1 aliphatic rings. The zero-order valence-corrected chi connectivity index (χ0v) is 16.1. The highest BCUT2D eigenvalue weighted by atomic mass is 16.2. The zero-order chi connectivity index (χ0) is 19.8. The van der Waals surface area contributed by atoms with E-state index in [1.54, 1.807) is 11.0 Å². The molecule has 1 aliphatic heterocycles. The Kier molecular flexibility index (Phi) is 4.51. The molecule has 0 saturated heterocycles. The molecule has 4 rings (SSSR count). The van der Waals surface area contributed by atoms with Gasteiger partial charge in [0, 0.05) is 41.3 Å². The number of aromatic nitrogens is 1. The summed E-state index contributed by atoms with van der Waals surface area (Å²) in [6.07, 6.45) is 1.63. The molecule has 0 bridgehead atoms. The van der Waals surface area contributed by atoms with Crippen molar-refractivity contribution in [3.05, 3.63) is 83.6 Å². The minimum absolute atomic E-state index is 0.00861. The van der Waals surface area contributed by atoms with Gasteiger partial charge in [0.15, 0.2) is 0 Å². The quantitative estimate of drug-likeness (QED) is 0.698. The minimum Gasteiger partial charge on any atom is -0.351 e. The molecule has 1 unspecified atom stereocenters. The summed E-state index contributed by atoms with van der Waals surface area (Å²) < 4.78 is 2.14. The average Bonchev–Trinajstić information content (AvgIpc) is 3.12. The van der Waals surface area contributed by atoms with Crippen LogP contribution in [-0.2, 0) is 11.8 Å². The molecule has 28 heavy (non-hydrogen) atoms. The van der Waals surface area contributed by atoms with E-state index in [1.807, 2.05) is 43.4 Å². The minimum atomic E-state index is -0.288. The van der Waals surface area contributed by atoms with Crippen molar-refractivity contribution >= 4 is 22.7 Å². The van der Waals surface area contributed by atoms with Crippen LogP contribution < -0.4 is 5.32 Å². The molecule has 2 amide bonds. The topological polar surface area (TPSA) is 54.3 Å². The van der Waals surface area contributed by atoms with Crippen molar-refractivity contribution in [2.45, 2.75) is 13.0 Å². The summed E-state index contributed by atoms with van der Waals surface area (Å²) in [5.41, 5.74) is 4.89. The van der Waals surface area contributed by atoms with Crippen molar-refractivity contribution in [1.29, 1.82) is 0 Å². The fraction of sp³-hybridized carbons (Fsp3) is 0.217.